The van der Waals surface area contributed by atoms with E-state index >= 15 is 0 Å². The van der Waals surface area contributed by atoms with Crippen LogP contribution >= 0.6 is 0 Å². The van der Waals surface area contributed by atoms with Gasteiger partial charge in [-0.25, -0.2) is 20.4 Å². The van der Waals surface area contributed by atoms with Crippen LogP contribution in [0.25, 0.3) is 0 Å². The van der Waals surface area contributed by atoms with E-state index in [4.69, 9.17) is 5.84 Å². The Bertz CT molecular complexity index is 438. The van der Waals surface area contributed by atoms with Crippen LogP contribution in [-0.4, -0.2) is 19.5 Å². The first-order valence-electron chi connectivity index (χ1n) is 5.09. The highest BCUT2D eigenvalue weighted by atomic mass is 15.3. The molecule has 0 aliphatic heterocycles. The van der Waals surface area contributed by atoms with E-state index in [1.54, 1.807) is 18.6 Å². The van der Waals surface area contributed by atoms with Crippen molar-refractivity contribution < 1.29 is 0 Å². The highest BCUT2D eigenvalue weighted by Gasteiger charge is 2.17. The predicted octanol–water partition coefficient (Wildman–Crippen LogP) is 0.246. The number of aryl methyl sites for hydroxylation is 1. The van der Waals surface area contributed by atoms with Crippen LogP contribution in [-0.2, 0) is 6.54 Å². The normalized spacial score (nSPS) is 12.6. The third-order valence-electron chi connectivity index (χ3n) is 2.43. The average Bonchev–Trinajstić information content (AvgIpc) is 2.80. The highest BCUT2D eigenvalue weighted by Crippen LogP contribution is 2.17. The molecule has 6 heteroatoms. The molecular formula is C10H14N6. The second-order valence-corrected chi connectivity index (χ2v) is 3.34. The van der Waals surface area contributed by atoms with Gasteiger partial charge in [-0.2, -0.15) is 0 Å². The molecule has 1 atom stereocenters. The van der Waals surface area contributed by atoms with Crippen LogP contribution in [0.2, 0.25) is 0 Å². The van der Waals surface area contributed by atoms with Gasteiger partial charge >= 0.3 is 0 Å². The molecule has 0 fully saturated rings. The minimum atomic E-state index is -0.184. The van der Waals surface area contributed by atoms with Crippen molar-refractivity contribution in [1.29, 1.82) is 0 Å². The van der Waals surface area contributed by atoms with E-state index in [1.807, 2.05) is 10.8 Å². The molecule has 2 aromatic heterocycles. The maximum Gasteiger partial charge on any atom is 0.131 e. The molecule has 2 aromatic rings. The number of nitrogens with one attached hydrogen (secondary N) is 1. The molecule has 0 radical (unpaired) electrons. The van der Waals surface area contributed by atoms with Gasteiger partial charge in [0.1, 0.15) is 18.2 Å². The summed E-state index contributed by atoms with van der Waals surface area (Å²) in [6.45, 7) is 2.90. The van der Waals surface area contributed by atoms with Gasteiger partial charge in [0, 0.05) is 36.9 Å². The van der Waals surface area contributed by atoms with E-state index in [0.29, 0.717) is 0 Å². The fourth-order valence-corrected chi connectivity index (χ4v) is 1.63. The summed E-state index contributed by atoms with van der Waals surface area (Å²) in [5.74, 6) is 6.42. The van der Waals surface area contributed by atoms with E-state index < -0.39 is 0 Å². The van der Waals surface area contributed by atoms with Crippen LogP contribution in [0.5, 0.6) is 0 Å². The SMILES string of the molecule is CCn1ccnc1C(NN)c1cncnc1. The first-order valence-corrected chi connectivity index (χ1v) is 5.09. The molecule has 0 spiro atoms. The van der Waals surface area contributed by atoms with Gasteiger partial charge in [0.2, 0.25) is 0 Å². The van der Waals surface area contributed by atoms with Crippen molar-refractivity contribution >= 4 is 0 Å². The molecule has 0 saturated carbocycles. The zero-order valence-corrected chi connectivity index (χ0v) is 9.04. The number of hydrogen-bond donors (Lipinski definition) is 2. The Morgan fingerprint density at radius 1 is 1.44 bits per heavy atom. The lowest BCUT2D eigenvalue weighted by molar-refractivity contribution is 0.558. The monoisotopic (exact) mass is 218 g/mol. The second kappa shape index (κ2) is 4.82. The molecular weight excluding hydrogens is 204 g/mol. The third-order valence-corrected chi connectivity index (χ3v) is 2.43. The molecule has 2 heterocycles. The Hall–Kier alpha value is -1.79. The standard InChI is InChI=1S/C10H14N6/c1-2-16-4-3-14-10(16)9(15-11)8-5-12-7-13-6-8/h3-7,9,15H,2,11H2,1H3. The maximum atomic E-state index is 5.56. The molecule has 0 aromatic carbocycles. The molecule has 0 aliphatic carbocycles. The maximum absolute atomic E-state index is 5.56. The van der Waals surface area contributed by atoms with Gasteiger partial charge in [0.15, 0.2) is 0 Å². The highest BCUT2D eigenvalue weighted by molar-refractivity contribution is 5.19. The molecule has 0 amide bonds. The van der Waals surface area contributed by atoms with Gasteiger partial charge in [0.25, 0.3) is 0 Å². The van der Waals surface area contributed by atoms with Gasteiger partial charge in [0.05, 0.1) is 0 Å². The Morgan fingerprint density at radius 2 is 2.19 bits per heavy atom. The topological polar surface area (TPSA) is 81.7 Å². The van der Waals surface area contributed by atoms with Gasteiger partial charge in [-0.05, 0) is 6.92 Å². The number of hydrogen-bond acceptors (Lipinski definition) is 5. The number of imidazole rings is 1. The summed E-state index contributed by atoms with van der Waals surface area (Å²) in [7, 11) is 0. The Labute approximate surface area is 93.5 Å². The summed E-state index contributed by atoms with van der Waals surface area (Å²) in [4.78, 5) is 12.2. The molecule has 6 nitrogen and oxygen atoms in total. The number of nitrogens with zero attached hydrogens (tertiary/aromatic N) is 4. The zero-order valence-electron chi connectivity index (χ0n) is 9.04. The van der Waals surface area contributed by atoms with Crippen molar-refractivity contribution in [3.8, 4) is 0 Å². The van der Waals surface area contributed by atoms with Crippen molar-refractivity contribution in [1.82, 2.24) is 24.9 Å². The van der Waals surface area contributed by atoms with Gasteiger partial charge in [-0.15, -0.1) is 0 Å². The molecule has 0 bridgehead atoms. The lowest BCUT2D eigenvalue weighted by Crippen LogP contribution is -2.31. The van der Waals surface area contributed by atoms with Crippen molar-refractivity contribution in [3.05, 3.63) is 42.5 Å². The number of aromatic nitrogens is 4. The quantitative estimate of drug-likeness (QED) is 0.567. The van der Waals surface area contributed by atoms with Crippen LogP contribution in [0.3, 0.4) is 0 Å². The second-order valence-electron chi connectivity index (χ2n) is 3.34. The molecule has 0 aliphatic rings. The third kappa shape index (κ3) is 1.93. The van der Waals surface area contributed by atoms with E-state index in [0.717, 1.165) is 17.9 Å². The van der Waals surface area contributed by atoms with Crippen molar-refractivity contribution in [3.63, 3.8) is 0 Å². The van der Waals surface area contributed by atoms with Crippen molar-refractivity contribution in [2.75, 3.05) is 0 Å². The fraction of sp³-hybridized carbons (Fsp3) is 0.300. The summed E-state index contributed by atoms with van der Waals surface area (Å²) in [6.07, 6.45) is 8.62. The summed E-state index contributed by atoms with van der Waals surface area (Å²) in [5, 5.41) is 0. The number of nitrogens with two attached hydrogens (primary N) is 1. The molecule has 16 heavy (non-hydrogen) atoms. The zero-order chi connectivity index (χ0) is 11.4. The van der Waals surface area contributed by atoms with E-state index in [2.05, 4.69) is 27.3 Å². The Kier molecular flexibility index (Phi) is 3.23. The fourth-order valence-electron chi connectivity index (χ4n) is 1.63. The van der Waals surface area contributed by atoms with E-state index in [9.17, 15) is 0 Å². The number of hydrazine groups is 1. The lowest BCUT2D eigenvalue weighted by atomic mass is 10.1. The van der Waals surface area contributed by atoms with Crippen LogP contribution in [0, 0.1) is 0 Å². The van der Waals surface area contributed by atoms with Crippen LogP contribution in [0.1, 0.15) is 24.4 Å². The van der Waals surface area contributed by atoms with E-state index in [1.165, 1.54) is 6.33 Å². The molecule has 0 saturated heterocycles. The molecule has 2 rings (SSSR count). The molecule has 1 unspecified atom stereocenters. The van der Waals surface area contributed by atoms with Crippen LogP contribution < -0.4 is 11.3 Å². The first-order chi connectivity index (χ1) is 7.86. The van der Waals surface area contributed by atoms with Gasteiger partial charge in [-0.3, -0.25) is 5.84 Å². The van der Waals surface area contributed by atoms with Crippen LogP contribution in [0.15, 0.2) is 31.1 Å². The summed E-state index contributed by atoms with van der Waals surface area (Å²) >= 11 is 0. The minimum absolute atomic E-state index is 0.184. The van der Waals surface area contributed by atoms with Gasteiger partial charge < -0.3 is 4.57 Å². The Balaban J connectivity index is 2.37. The van der Waals surface area contributed by atoms with Crippen molar-refractivity contribution in [2.45, 2.75) is 19.5 Å². The summed E-state index contributed by atoms with van der Waals surface area (Å²) < 4.78 is 2.03. The summed E-state index contributed by atoms with van der Waals surface area (Å²) in [5.41, 5.74) is 3.63. The number of rotatable bonds is 4. The van der Waals surface area contributed by atoms with Crippen LogP contribution in [0.4, 0.5) is 0 Å². The first kappa shape index (κ1) is 10.7. The minimum Gasteiger partial charge on any atom is -0.334 e. The van der Waals surface area contributed by atoms with Crippen molar-refractivity contribution in [2.24, 2.45) is 5.84 Å². The van der Waals surface area contributed by atoms with Gasteiger partial charge in [-0.1, -0.05) is 0 Å². The smallest absolute Gasteiger partial charge is 0.131 e. The largest absolute Gasteiger partial charge is 0.334 e. The molecule has 3 N–H and O–H groups in total. The predicted molar refractivity (Wildman–Crippen MR) is 59.1 cm³/mol. The van der Waals surface area contributed by atoms with E-state index in [-0.39, 0.29) is 6.04 Å². The lowest BCUT2D eigenvalue weighted by Gasteiger charge is -2.16. The summed E-state index contributed by atoms with van der Waals surface area (Å²) in [6, 6.07) is -0.184. The molecule has 84 valence electrons. The Morgan fingerprint density at radius 3 is 2.81 bits per heavy atom. The average molecular weight is 218 g/mol.